The van der Waals surface area contributed by atoms with Crippen molar-refractivity contribution in [1.29, 1.82) is 0 Å². The van der Waals surface area contributed by atoms with E-state index in [1.165, 1.54) is 0 Å². The molecule has 0 radical (unpaired) electrons. The Kier molecular flexibility index (Phi) is 30.8. The van der Waals surface area contributed by atoms with Crippen LogP contribution < -0.4 is 23.9 Å². The molecule has 0 amide bonds. The summed E-state index contributed by atoms with van der Waals surface area (Å²) in [6.45, 7) is -0.778. The monoisotopic (exact) mass is 324 g/mol. The van der Waals surface area contributed by atoms with Crippen LogP contribution in [0.15, 0.2) is 0 Å². The van der Waals surface area contributed by atoms with Crippen molar-refractivity contribution in [2.75, 3.05) is 6.61 Å². The molecule has 0 aromatic heterocycles. The van der Waals surface area contributed by atoms with Crippen LogP contribution in [0.2, 0.25) is 0 Å². The van der Waals surface area contributed by atoms with Gasteiger partial charge in [-0.05, 0) is 0 Å². The van der Waals surface area contributed by atoms with Gasteiger partial charge in [-0.15, -0.1) is 0 Å². The van der Waals surface area contributed by atoms with Crippen molar-refractivity contribution >= 4 is 37.2 Å². The maximum atomic E-state index is 9.12. The van der Waals surface area contributed by atoms with Crippen LogP contribution in [0.5, 0.6) is 0 Å². The van der Waals surface area contributed by atoms with E-state index in [1.807, 2.05) is 0 Å². The van der Waals surface area contributed by atoms with Crippen LogP contribution in [0.3, 0.4) is 0 Å². The van der Waals surface area contributed by atoms with Gasteiger partial charge in [-0.2, -0.15) is 0 Å². The fraction of sp³-hybridized carbons (Fsp3) is 0.167. The number of hydrogen-bond acceptors (Lipinski definition) is 9. The molecule has 0 atom stereocenters. The maximum Gasteiger partial charge on any atom is 1.00 e. The predicted octanol–water partition coefficient (Wildman–Crippen LogP) is -8.31. The van der Waals surface area contributed by atoms with Gasteiger partial charge in [0.05, 0.1) is 0 Å². The molecule has 0 aliphatic carbocycles. The standard InChI is InChI=1S/2C2H2O4.C2H4O3.BH2O3.Li/c2*3-1(4)2(5)6;3-1-2(4)5;2-1(3)4;/h2*(H,3,4)(H,5,6);3H,1H2,(H,4,5);2-3H;/q;;;-1;+1. The van der Waals surface area contributed by atoms with E-state index < -0.39 is 43.8 Å². The molecule has 0 aromatic rings. The molecule has 0 aliphatic heterocycles. The summed E-state index contributed by atoms with van der Waals surface area (Å²) in [5, 5.41) is 67.3. The third-order valence-corrected chi connectivity index (χ3v) is 0.501. The van der Waals surface area contributed by atoms with E-state index in [0.717, 1.165) is 0 Å². The molecule has 0 unspecified atom stereocenters. The van der Waals surface area contributed by atoms with Crippen LogP contribution in [0.25, 0.3) is 0 Å². The molecule has 0 fully saturated rings. The van der Waals surface area contributed by atoms with Crippen LogP contribution in [0.1, 0.15) is 0 Å². The van der Waals surface area contributed by atoms with Crippen LogP contribution in [-0.4, -0.2) is 84.5 Å². The number of aliphatic carboxylic acids is 5. The van der Waals surface area contributed by atoms with Crippen molar-refractivity contribution in [3.8, 4) is 0 Å². The number of rotatable bonds is 1. The smallest absolute Gasteiger partial charge is 0.832 e. The largest absolute Gasteiger partial charge is 1.00 e. The van der Waals surface area contributed by atoms with E-state index in [1.54, 1.807) is 0 Å². The molecule has 0 rings (SSSR count). The molecule has 8 N–H and O–H groups in total. The molecular weight excluding hydrogens is 314 g/mol. The zero-order valence-electron chi connectivity index (χ0n) is 10.8. The summed E-state index contributed by atoms with van der Waals surface area (Å²) in [4.78, 5) is 45.5. The Labute approximate surface area is 133 Å². The van der Waals surface area contributed by atoms with E-state index in [2.05, 4.69) is 0 Å². The number of carboxylic acid groups (broad SMARTS) is 5. The summed E-state index contributed by atoms with van der Waals surface area (Å²) in [5.74, 6) is -8.49. The van der Waals surface area contributed by atoms with Gasteiger partial charge in [-0.3, -0.25) is 0 Å². The van der Waals surface area contributed by atoms with E-state index in [-0.39, 0.29) is 18.9 Å². The minimum absolute atomic E-state index is 0. The zero-order valence-corrected chi connectivity index (χ0v) is 10.8. The molecule has 0 bridgehead atoms. The number of hydrogen-bond donors (Lipinski definition) is 8. The van der Waals surface area contributed by atoms with Gasteiger partial charge in [0.2, 0.25) is 0 Å². The second kappa shape index (κ2) is 21.2. The molecule has 16 heteroatoms. The Morgan fingerprint density at radius 1 is 0.727 bits per heavy atom. The van der Waals surface area contributed by atoms with Gasteiger partial charge < -0.3 is 45.7 Å². The van der Waals surface area contributed by atoms with Gasteiger partial charge in [0.15, 0.2) is 0 Å². The van der Waals surface area contributed by atoms with E-state index in [9.17, 15) is 0 Å². The van der Waals surface area contributed by atoms with Crippen LogP contribution in [0.4, 0.5) is 0 Å². The van der Waals surface area contributed by atoms with E-state index in [4.69, 9.17) is 69.7 Å². The van der Waals surface area contributed by atoms with Crippen molar-refractivity contribution < 1.29 is 88.5 Å². The number of carboxylic acids is 5. The first-order chi connectivity index (χ1) is 9.29. The minimum Gasteiger partial charge on any atom is -0.832 e. The molecule has 22 heavy (non-hydrogen) atoms. The number of aliphatic hydroxyl groups is 1. The topological polar surface area (TPSA) is 270 Å². The second-order valence-corrected chi connectivity index (χ2v) is 2.10. The average Bonchev–Trinajstić information content (AvgIpc) is 2.29. The summed E-state index contributed by atoms with van der Waals surface area (Å²) in [6.07, 6.45) is 0. The van der Waals surface area contributed by atoms with Gasteiger partial charge in [-0.25, -0.2) is 24.0 Å². The van der Waals surface area contributed by atoms with E-state index in [0.29, 0.717) is 0 Å². The molecule has 14 nitrogen and oxygen atoms in total. The van der Waals surface area contributed by atoms with Crippen molar-refractivity contribution in [2.24, 2.45) is 0 Å². The third-order valence-electron chi connectivity index (χ3n) is 0.501. The Balaban J connectivity index is -0.0000000582. The quantitative estimate of drug-likeness (QED) is 0.164. The molecular formula is C6H10BLiO14. The first kappa shape index (κ1) is 32.0. The summed E-state index contributed by atoms with van der Waals surface area (Å²) in [7, 11) is -2.42. The first-order valence-electron chi connectivity index (χ1n) is 4.06. The van der Waals surface area contributed by atoms with E-state index >= 15 is 0 Å². The Bertz CT molecular complexity index is 302. The zero-order chi connectivity index (χ0) is 18.2. The molecule has 0 saturated heterocycles. The fourth-order valence-electron chi connectivity index (χ4n) is 0. The van der Waals surface area contributed by atoms with Gasteiger partial charge in [0, 0.05) is 0 Å². The Hall–Kier alpha value is -2.15. The van der Waals surface area contributed by atoms with Gasteiger partial charge in [0.1, 0.15) is 6.61 Å². The van der Waals surface area contributed by atoms with Gasteiger partial charge >= 0.3 is 56.0 Å². The normalized spacial score (nSPS) is 6.91. The van der Waals surface area contributed by atoms with Crippen molar-refractivity contribution in [1.82, 2.24) is 0 Å². The Morgan fingerprint density at radius 2 is 0.818 bits per heavy atom. The molecule has 122 valence electrons. The van der Waals surface area contributed by atoms with Crippen LogP contribution in [-0.2, 0) is 24.0 Å². The number of carbonyl (C=O) groups is 5. The van der Waals surface area contributed by atoms with Gasteiger partial charge in [-0.1, -0.05) is 0 Å². The minimum atomic E-state index is -2.42. The fourth-order valence-corrected chi connectivity index (χ4v) is 0. The molecule has 0 spiro atoms. The second-order valence-electron chi connectivity index (χ2n) is 2.10. The predicted molar refractivity (Wildman–Crippen MR) is 55.5 cm³/mol. The first-order valence-corrected chi connectivity index (χ1v) is 4.06. The average molecular weight is 324 g/mol. The summed E-state index contributed by atoms with van der Waals surface area (Å²) < 4.78 is 0. The molecule has 0 aromatic carbocycles. The molecule has 0 saturated carbocycles. The maximum absolute atomic E-state index is 9.12. The van der Waals surface area contributed by atoms with Crippen molar-refractivity contribution in [3.05, 3.63) is 0 Å². The molecule has 0 aliphatic rings. The summed E-state index contributed by atoms with van der Waals surface area (Å²) in [6, 6.07) is 0. The Morgan fingerprint density at radius 3 is 0.818 bits per heavy atom. The van der Waals surface area contributed by atoms with Crippen molar-refractivity contribution in [3.63, 3.8) is 0 Å². The summed E-state index contributed by atoms with van der Waals surface area (Å²) in [5.41, 5.74) is 0. The van der Waals surface area contributed by atoms with Crippen LogP contribution >= 0.6 is 0 Å². The summed E-state index contributed by atoms with van der Waals surface area (Å²) >= 11 is 0. The SMILES string of the molecule is O=C(O)C(=O)O.O=C(O)C(=O)O.O=C(O)CO.[Li+].[O-]B(O)O. The van der Waals surface area contributed by atoms with Gasteiger partial charge in [0.25, 0.3) is 0 Å². The third kappa shape index (κ3) is 82.2. The number of aliphatic hydroxyl groups excluding tert-OH is 1. The molecule has 0 heterocycles. The van der Waals surface area contributed by atoms with Crippen molar-refractivity contribution in [2.45, 2.75) is 0 Å². The van der Waals surface area contributed by atoms with Crippen LogP contribution in [0, 0.1) is 0 Å².